The van der Waals surface area contributed by atoms with Gasteiger partial charge in [0.2, 0.25) is 0 Å². The molecule has 1 aromatic carbocycles. The van der Waals surface area contributed by atoms with Gasteiger partial charge in [0.1, 0.15) is 0 Å². The Morgan fingerprint density at radius 2 is 2.38 bits per heavy atom. The Bertz CT molecular complexity index is 471. The number of nitrogens with zero attached hydrogens (tertiary/aromatic N) is 2. The van der Waals surface area contributed by atoms with E-state index in [0.717, 1.165) is 0 Å². The molecule has 0 aliphatic heterocycles. The third-order valence-corrected chi connectivity index (χ3v) is 2.94. The van der Waals surface area contributed by atoms with Crippen LogP contribution in [0.15, 0.2) is 33.7 Å². The molecule has 0 saturated carbocycles. The topological polar surface area (TPSA) is 77.0 Å². The first kappa shape index (κ1) is 11.0. The molecule has 6 heteroatoms. The number of hydrogen-bond donors (Lipinski definition) is 2. The fourth-order valence-electron chi connectivity index (χ4n) is 1.22. The number of hydrogen-bond acceptors (Lipinski definition) is 6. The maximum Gasteiger partial charge on any atom is 0.335 e. The lowest BCUT2D eigenvalue weighted by atomic mass is 10.2. The average molecular weight is 236 g/mol. The van der Waals surface area contributed by atoms with Crippen LogP contribution in [0.4, 0.5) is 6.01 Å². The summed E-state index contributed by atoms with van der Waals surface area (Å²) < 4.78 is 4.82. The van der Waals surface area contributed by atoms with Gasteiger partial charge in [-0.1, -0.05) is 22.9 Å². The number of benzene rings is 1. The summed E-state index contributed by atoms with van der Waals surface area (Å²) in [5, 5.41) is 3.78. The van der Waals surface area contributed by atoms with Crippen molar-refractivity contribution in [3.63, 3.8) is 0 Å². The predicted molar refractivity (Wildman–Crippen MR) is 62.8 cm³/mol. The van der Waals surface area contributed by atoms with Crippen molar-refractivity contribution in [3.8, 4) is 0 Å². The van der Waals surface area contributed by atoms with Gasteiger partial charge in [0.25, 0.3) is 0 Å². The molecule has 0 aliphatic rings. The molecule has 0 bridgehead atoms. The van der Waals surface area contributed by atoms with Gasteiger partial charge in [-0.25, -0.2) is 5.84 Å². The summed E-state index contributed by atoms with van der Waals surface area (Å²) in [7, 11) is 0. The summed E-state index contributed by atoms with van der Waals surface area (Å²) in [4.78, 5) is 5.22. The number of thioether (sulfide) groups is 1. The second kappa shape index (κ2) is 5.00. The van der Waals surface area contributed by atoms with Crippen LogP contribution < -0.4 is 11.3 Å². The van der Waals surface area contributed by atoms with Gasteiger partial charge in [-0.15, -0.1) is 11.8 Å². The molecule has 1 heterocycles. The minimum Gasteiger partial charge on any atom is -0.314 e. The Hall–Kier alpha value is -1.53. The van der Waals surface area contributed by atoms with Gasteiger partial charge < -0.3 is 4.52 Å². The average Bonchev–Trinajstić information content (AvgIpc) is 2.74. The van der Waals surface area contributed by atoms with E-state index in [1.54, 1.807) is 11.8 Å². The maximum atomic E-state index is 5.14. The molecule has 5 nitrogen and oxygen atoms in total. The summed E-state index contributed by atoms with van der Waals surface area (Å²) in [5.41, 5.74) is 3.54. The van der Waals surface area contributed by atoms with Crippen LogP contribution >= 0.6 is 11.8 Å². The van der Waals surface area contributed by atoms with Gasteiger partial charge in [0.05, 0.1) is 5.75 Å². The molecule has 0 radical (unpaired) electrons. The van der Waals surface area contributed by atoms with Crippen LogP contribution in [0.1, 0.15) is 11.4 Å². The summed E-state index contributed by atoms with van der Waals surface area (Å²) in [6.07, 6.45) is 0. The third-order valence-electron chi connectivity index (χ3n) is 1.95. The summed E-state index contributed by atoms with van der Waals surface area (Å²) in [5.74, 6) is 6.42. The lowest BCUT2D eigenvalue weighted by Crippen LogP contribution is -2.06. The molecule has 0 fully saturated rings. The maximum absolute atomic E-state index is 5.14. The lowest BCUT2D eigenvalue weighted by Gasteiger charge is -1.99. The number of nitrogen functional groups attached to an aromatic ring is 1. The highest BCUT2D eigenvalue weighted by Crippen LogP contribution is 2.22. The molecule has 1 aromatic heterocycles. The van der Waals surface area contributed by atoms with Crippen LogP contribution in [-0.2, 0) is 5.75 Å². The van der Waals surface area contributed by atoms with Crippen molar-refractivity contribution < 1.29 is 4.52 Å². The Balaban J connectivity index is 1.96. The van der Waals surface area contributed by atoms with Crippen molar-refractivity contribution >= 4 is 17.8 Å². The molecular formula is C10H12N4OS. The highest BCUT2D eigenvalue weighted by molar-refractivity contribution is 7.98. The highest BCUT2D eigenvalue weighted by atomic mass is 32.2. The van der Waals surface area contributed by atoms with Crippen LogP contribution in [0.5, 0.6) is 0 Å². The van der Waals surface area contributed by atoms with Crippen LogP contribution in [0.25, 0.3) is 0 Å². The zero-order valence-corrected chi connectivity index (χ0v) is 9.62. The van der Waals surface area contributed by atoms with E-state index in [9.17, 15) is 0 Å². The molecular weight excluding hydrogens is 224 g/mol. The molecule has 0 unspecified atom stereocenters. The Morgan fingerprint density at radius 1 is 1.50 bits per heavy atom. The van der Waals surface area contributed by atoms with E-state index >= 15 is 0 Å². The van der Waals surface area contributed by atoms with E-state index in [1.807, 2.05) is 6.07 Å². The SMILES string of the molecule is Cc1cccc(SCc2noc(NN)n2)c1. The summed E-state index contributed by atoms with van der Waals surface area (Å²) in [6.45, 7) is 2.06. The summed E-state index contributed by atoms with van der Waals surface area (Å²) >= 11 is 1.66. The fraction of sp³-hybridized carbons (Fsp3) is 0.200. The van der Waals surface area contributed by atoms with Crippen molar-refractivity contribution in [1.29, 1.82) is 0 Å². The van der Waals surface area contributed by atoms with Crippen LogP contribution in [0.3, 0.4) is 0 Å². The van der Waals surface area contributed by atoms with Crippen molar-refractivity contribution in [2.45, 2.75) is 17.6 Å². The number of rotatable bonds is 4. The quantitative estimate of drug-likeness (QED) is 0.480. The Labute approximate surface area is 97.4 Å². The van der Waals surface area contributed by atoms with Crippen molar-refractivity contribution in [2.75, 3.05) is 5.43 Å². The summed E-state index contributed by atoms with van der Waals surface area (Å²) in [6, 6.07) is 8.50. The number of anilines is 1. The molecule has 0 amide bonds. The van der Waals surface area contributed by atoms with Gasteiger partial charge in [-0.2, -0.15) is 4.98 Å². The fourth-order valence-corrected chi connectivity index (χ4v) is 2.08. The standard InChI is InChI=1S/C10H12N4OS/c1-7-3-2-4-8(5-7)16-6-9-12-10(13-11)15-14-9/h2-5H,6,11H2,1H3,(H,12,13,14). The van der Waals surface area contributed by atoms with E-state index < -0.39 is 0 Å². The monoisotopic (exact) mass is 236 g/mol. The van der Waals surface area contributed by atoms with Crippen molar-refractivity contribution in [2.24, 2.45) is 5.84 Å². The van der Waals surface area contributed by atoms with Crippen molar-refractivity contribution in [1.82, 2.24) is 10.1 Å². The van der Waals surface area contributed by atoms with Crippen LogP contribution in [0.2, 0.25) is 0 Å². The van der Waals surface area contributed by atoms with E-state index in [1.165, 1.54) is 10.5 Å². The molecule has 84 valence electrons. The van der Waals surface area contributed by atoms with E-state index in [-0.39, 0.29) is 6.01 Å². The van der Waals surface area contributed by atoms with Crippen LogP contribution in [0, 0.1) is 6.92 Å². The second-order valence-electron chi connectivity index (χ2n) is 3.27. The zero-order chi connectivity index (χ0) is 11.4. The minimum atomic E-state index is 0.236. The number of hydrazine groups is 1. The number of aromatic nitrogens is 2. The largest absolute Gasteiger partial charge is 0.335 e. The third kappa shape index (κ3) is 2.74. The highest BCUT2D eigenvalue weighted by Gasteiger charge is 2.04. The zero-order valence-electron chi connectivity index (χ0n) is 8.80. The normalized spacial score (nSPS) is 10.4. The van der Waals surface area contributed by atoms with E-state index in [0.29, 0.717) is 11.6 Å². The number of nitrogens with one attached hydrogen (secondary N) is 1. The van der Waals surface area contributed by atoms with Crippen molar-refractivity contribution in [3.05, 3.63) is 35.7 Å². The van der Waals surface area contributed by atoms with Gasteiger partial charge in [0.15, 0.2) is 5.82 Å². The smallest absolute Gasteiger partial charge is 0.314 e. The number of nitrogens with two attached hydrogens (primary N) is 1. The first-order valence-corrected chi connectivity index (χ1v) is 5.75. The van der Waals surface area contributed by atoms with Crippen LogP contribution in [-0.4, -0.2) is 10.1 Å². The molecule has 0 saturated heterocycles. The predicted octanol–water partition coefficient (Wildman–Crippen LogP) is 1.96. The minimum absolute atomic E-state index is 0.236. The van der Waals surface area contributed by atoms with Gasteiger partial charge in [-0.3, -0.25) is 5.43 Å². The Morgan fingerprint density at radius 3 is 3.06 bits per heavy atom. The van der Waals surface area contributed by atoms with Gasteiger partial charge in [0, 0.05) is 4.90 Å². The molecule has 16 heavy (non-hydrogen) atoms. The molecule has 0 atom stereocenters. The van der Waals surface area contributed by atoms with E-state index in [4.69, 9.17) is 10.4 Å². The second-order valence-corrected chi connectivity index (χ2v) is 4.31. The molecule has 2 aromatic rings. The number of aryl methyl sites for hydroxylation is 1. The molecule has 0 aliphatic carbocycles. The lowest BCUT2D eigenvalue weighted by molar-refractivity contribution is 0.425. The molecule has 0 spiro atoms. The first-order valence-electron chi connectivity index (χ1n) is 4.76. The van der Waals surface area contributed by atoms with Gasteiger partial charge in [-0.05, 0) is 19.1 Å². The van der Waals surface area contributed by atoms with E-state index in [2.05, 4.69) is 40.7 Å². The van der Waals surface area contributed by atoms with Gasteiger partial charge >= 0.3 is 6.01 Å². The Kier molecular flexibility index (Phi) is 3.43. The molecule has 3 N–H and O–H groups in total. The first-order chi connectivity index (χ1) is 7.78. The molecule has 2 rings (SSSR count).